The van der Waals surface area contributed by atoms with Crippen molar-refractivity contribution in [3.05, 3.63) is 0 Å². The van der Waals surface area contributed by atoms with Crippen LogP contribution in [-0.2, 0) is 14.2 Å². The van der Waals surface area contributed by atoms with Gasteiger partial charge in [-0.1, -0.05) is 0 Å². The molecule has 0 aromatic rings. The van der Waals surface area contributed by atoms with Crippen molar-refractivity contribution in [2.75, 3.05) is 27.4 Å². The summed E-state index contributed by atoms with van der Waals surface area (Å²) < 4.78 is 15.4. The second-order valence-electron chi connectivity index (χ2n) is 2.35. The SMILES string of the molecule is CCOC(CCCO)(OC)OC. The summed E-state index contributed by atoms with van der Waals surface area (Å²) in [6.07, 6.45) is 1.13. The average molecular weight is 178 g/mol. The van der Waals surface area contributed by atoms with Gasteiger partial charge < -0.3 is 19.3 Å². The summed E-state index contributed by atoms with van der Waals surface area (Å²) in [6, 6.07) is 0. The second kappa shape index (κ2) is 6.37. The Balaban J connectivity index is 3.95. The highest BCUT2D eigenvalue weighted by Gasteiger charge is 2.29. The Kier molecular flexibility index (Phi) is 6.28. The Morgan fingerprint density at radius 1 is 1.25 bits per heavy atom. The zero-order valence-corrected chi connectivity index (χ0v) is 8.00. The van der Waals surface area contributed by atoms with Crippen LogP contribution in [0.25, 0.3) is 0 Å². The average Bonchev–Trinajstić information content (AvgIpc) is 2.13. The lowest BCUT2D eigenvalue weighted by atomic mass is 10.3. The molecule has 0 aliphatic carbocycles. The summed E-state index contributed by atoms with van der Waals surface area (Å²) in [5.41, 5.74) is 0. The molecule has 74 valence electrons. The van der Waals surface area contributed by atoms with Crippen LogP contribution in [0.1, 0.15) is 19.8 Å². The molecule has 0 fully saturated rings. The number of methoxy groups -OCH3 is 2. The van der Waals surface area contributed by atoms with E-state index in [1.54, 1.807) is 0 Å². The summed E-state index contributed by atoms with van der Waals surface area (Å²) in [6.45, 7) is 2.50. The van der Waals surface area contributed by atoms with Gasteiger partial charge in [0.25, 0.3) is 5.97 Å². The van der Waals surface area contributed by atoms with Crippen LogP contribution in [0, 0.1) is 0 Å². The molecule has 0 aliphatic heterocycles. The van der Waals surface area contributed by atoms with Gasteiger partial charge in [-0.25, -0.2) is 0 Å². The highest BCUT2D eigenvalue weighted by Crippen LogP contribution is 2.19. The largest absolute Gasteiger partial charge is 0.396 e. The van der Waals surface area contributed by atoms with E-state index in [0.29, 0.717) is 19.4 Å². The number of aliphatic hydroxyl groups excluding tert-OH is 1. The third kappa shape index (κ3) is 3.49. The monoisotopic (exact) mass is 178 g/mol. The summed E-state index contributed by atoms with van der Waals surface area (Å²) in [7, 11) is 3.05. The standard InChI is InChI=1S/C8H18O4/c1-4-12-8(10-2,11-3)6-5-7-9/h9H,4-7H2,1-3H3. The molecule has 0 aromatic carbocycles. The van der Waals surface area contributed by atoms with E-state index in [1.165, 1.54) is 14.2 Å². The number of hydrogen-bond acceptors (Lipinski definition) is 4. The Morgan fingerprint density at radius 2 is 1.83 bits per heavy atom. The quantitative estimate of drug-likeness (QED) is 0.584. The Morgan fingerprint density at radius 3 is 2.17 bits per heavy atom. The van der Waals surface area contributed by atoms with Gasteiger partial charge in [0.15, 0.2) is 0 Å². The van der Waals surface area contributed by atoms with Gasteiger partial charge in [0, 0.05) is 33.9 Å². The van der Waals surface area contributed by atoms with Crippen LogP contribution < -0.4 is 0 Å². The molecule has 0 bridgehead atoms. The minimum Gasteiger partial charge on any atom is -0.396 e. The van der Waals surface area contributed by atoms with Crippen LogP contribution in [0.2, 0.25) is 0 Å². The zero-order chi connectivity index (χ0) is 9.45. The van der Waals surface area contributed by atoms with Crippen molar-refractivity contribution in [2.24, 2.45) is 0 Å². The molecular formula is C8H18O4. The van der Waals surface area contributed by atoms with Gasteiger partial charge >= 0.3 is 0 Å². The maximum absolute atomic E-state index is 8.62. The minimum atomic E-state index is -0.975. The van der Waals surface area contributed by atoms with Crippen LogP contribution >= 0.6 is 0 Å². The fourth-order valence-corrected chi connectivity index (χ4v) is 0.993. The number of aliphatic hydroxyl groups is 1. The number of ether oxygens (including phenoxy) is 3. The fourth-order valence-electron chi connectivity index (χ4n) is 0.993. The second-order valence-corrected chi connectivity index (χ2v) is 2.35. The van der Waals surface area contributed by atoms with E-state index in [2.05, 4.69) is 0 Å². The molecule has 4 heteroatoms. The molecule has 0 rings (SSSR count). The molecule has 1 N–H and O–H groups in total. The highest BCUT2D eigenvalue weighted by atomic mass is 16.9. The van der Waals surface area contributed by atoms with E-state index in [4.69, 9.17) is 19.3 Å². The zero-order valence-electron chi connectivity index (χ0n) is 8.00. The van der Waals surface area contributed by atoms with Gasteiger partial charge in [0.05, 0.1) is 0 Å². The maximum atomic E-state index is 8.62. The highest BCUT2D eigenvalue weighted by molar-refractivity contribution is 4.55. The van der Waals surface area contributed by atoms with Crippen LogP contribution in [0.15, 0.2) is 0 Å². The molecule has 0 aliphatic rings. The first-order chi connectivity index (χ1) is 5.74. The lowest BCUT2D eigenvalue weighted by Crippen LogP contribution is -2.37. The molecule has 0 aromatic heterocycles. The van der Waals surface area contributed by atoms with Gasteiger partial charge in [-0.15, -0.1) is 0 Å². The first-order valence-electron chi connectivity index (χ1n) is 4.09. The normalized spacial score (nSPS) is 12.0. The van der Waals surface area contributed by atoms with Crippen molar-refractivity contribution in [3.8, 4) is 0 Å². The number of rotatable bonds is 7. The van der Waals surface area contributed by atoms with E-state index in [9.17, 15) is 0 Å². The first-order valence-corrected chi connectivity index (χ1v) is 4.09. The molecule has 0 spiro atoms. The molecule has 12 heavy (non-hydrogen) atoms. The topological polar surface area (TPSA) is 47.9 Å². The van der Waals surface area contributed by atoms with Crippen molar-refractivity contribution in [1.29, 1.82) is 0 Å². The Hall–Kier alpha value is -0.160. The van der Waals surface area contributed by atoms with Crippen molar-refractivity contribution < 1.29 is 19.3 Å². The van der Waals surface area contributed by atoms with Crippen LogP contribution in [0.3, 0.4) is 0 Å². The Bertz CT molecular complexity index is 101. The molecular weight excluding hydrogens is 160 g/mol. The fraction of sp³-hybridized carbons (Fsp3) is 1.00. The van der Waals surface area contributed by atoms with Crippen molar-refractivity contribution in [2.45, 2.75) is 25.7 Å². The predicted molar refractivity (Wildman–Crippen MR) is 44.7 cm³/mol. The van der Waals surface area contributed by atoms with E-state index >= 15 is 0 Å². The molecule has 0 amide bonds. The first kappa shape index (κ1) is 11.8. The maximum Gasteiger partial charge on any atom is 0.282 e. The lowest BCUT2D eigenvalue weighted by Gasteiger charge is -2.29. The van der Waals surface area contributed by atoms with Crippen LogP contribution in [-0.4, -0.2) is 38.5 Å². The molecule has 0 saturated carbocycles. The van der Waals surface area contributed by atoms with Gasteiger partial charge in [0.1, 0.15) is 0 Å². The van der Waals surface area contributed by atoms with E-state index in [1.807, 2.05) is 6.92 Å². The molecule has 0 heterocycles. The van der Waals surface area contributed by atoms with Crippen molar-refractivity contribution in [3.63, 3.8) is 0 Å². The molecule has 0 atom stereocenters. The summed E-state index contributed by atoms with van der Waals surface area (Å²) in [4.78, 5) is 0. The molecule has 4 nitrogen and oxygen atoms in total. The van der Waals surface area contributed by atoms with Gasteiger partial charge in [-0.3, -0.25) is 0 Å². The lowest BCUT2D eigenvalue weighted by molar-refractivity contribution is -0.364. The summed E-state index contributed by atoms with van der Waals surface area (Å²) in [5, 5.41) is 8.62. The van der Waals surface area contributed by atoms with Crippen LogP contribution in [0.4, 0.5) is 0 Å². The van der Waals surface area contributed by atoms with Crippen molar-refractivity contribution in [1.82, 2.24) is 0 Å². The molecule has 0 saturated heterocycles. The van der Waals surface area contributed by atoms with Gasteiger partial charge in [-0.2, -0.15) is 0 Å². The molecule has 0 unspecified atom stereocenters. The smallest absolute Gasteiger partial charge is 0.282 e. The number of hydrogen-bond donors (Lipinski definition) is 1. The van der Waals surface area contributed by atoms with Gasteiger partial charge in [0.2, 0.25) is 0 Å². The van der Waals surface area contributed by atoms with E-state index in [-0.39, 0.29) is 6.61 Å². The van der Waals surface area contributed by atoms with E-state index < -0.39 is 5.97 Å². The van der Waals surface area contributed by atoms with Crippen LogP contribution in [0.5, 0.6) is 0 Å². The molecule has 0 radical (unpaired) electrons. The summed E-state index contributed by atoms with van der Waals surface area (Å²) >= 11 is 0. The Labute approximate surface area is 73.4 Å². The predicted octanol–water partition coefficient (Wildman–Crippen LogP) is 0.742. The van der Waals surface area contributed by atoms with E-state index in [0.717, 1.165) is 0 Å². The third-order valence-corrected chi connectivity index (χ3v) is 1.63. The summed E-state index contributed by atoms with van der Waals surface area (Å²) in [5.74, 6) is -0.975. The van der Waals surface area contributed by atoms with Gasteiger partial charge in [-0.05, 0) is 13.3 Å². The van der Waals surface area contributed by atoms with Crippen molar-refractivity contribution >= 4 is 0 Å². The minimum absolute atomic E-state index is 0.113. The third-order valence-electron chi connectivity index (χ3n) is 1.63.